The first-order valence-electron chi connectivity index (χ1n) is 10.6. The van der Waals surface area contributed by atoms with Gasteiger partial charge >= 0.3 is 0 Å². The largest absolute Gasteiger partial charge is 0.489 e. The van der Waals surface area contributed by atoms with Gasteiger partial charge in [0.1, 0.15) is 17.9 Å². The zero-order valence-corrected chi connectivity index (χ0v) is 17.3. The van der Waals surface area contributed by atoms with Crippen LogP contribution in [-0.2, 0) is 19.6 Å². The molecule has 0 spiro atoms. The third-order valence-corrected chi connectivity index (χ3v) is 5.82. The van der Waals surface area contributed by atoms with Crippen molar-refractivity contribution in [1.82, 2.24) is 5.32 Å². The number of nitrogens with one attached hydrogen (secondary N) is 1. The number of furan rings is 1. The van der Waals surface area contributed by atoms with Crippen molar-refractivity contribution < 1.29 is 14.3 Å². The molecule has 0 radical (unpaired) electrons. The summed E-state index contributed by atoms with van der Waals surface area (Å²) in [5, 5.41) is 14.7. The molecule has 1 unspecified atom stereocenters. The number of rotatable bonds is 6. The molecule has 1 aromatic heterocycles. The van der Waals surface area contributed by atoms with Crippen LogP contribution in [0.5, 0.6) is 5.75 Å². The molecule has 5 rings (SSSR count). The molecular weight excluding hydrogens is 386 g/mol. The van der Waals surface area contributed by atoms with E-state index in [9.17, 15) is 5.11 Å². The number of ether oxygens (including phenoxy) is 1. The lowest BCUT2D eigenvalue weighted by Crippen LogP contribution is -2.28. The monoisotopic (exact) mass is 411 g/mol. The summed E-state index contributed by atoms with van der Waals surface area (Å²) in [6.45, 7) is 1.33. The highest BCUT2D eigenvalue weighted by atomic mass is 16.5. The Morgan fingerprint density at radius 1 is 1.06 bits per heavy atom. The van der Waals surface area contributed by atoms with Crippen molar-refractivity contribution in [2.24, 2.45) is 0 Å². The first kappa shape index (κ1) is 19.6. The van der Waals surface area contributed by atoms with Crippen LogP contribution in [0.25, 0.3) is 17.0 Å². The van der Waals surface area contributed by atoms with Crippen molar-refractivity contribution in [2.45, 2.75) is 25.7 Å². The summed E-state index contributed by atoms with van der Waals surface area (Å²) in [6, 6.07) is 22.4. The zero-order chi connectivity index (χ0) is 21.0. The van der Waals surface area contributed by atoms with Gasteiger partial charge in [-0.1, -0.05) is 54.6 Å². The molecule has 0 bridgehead atoms. The van der Waals surface area contributed by atoms with Gasteiger partial charge in [0.15, 0.2) is 0 Å². The van der Waals surface area contributed by atoms with E-state index < -0.39 is 0 Å². The molecule has 0 aliphatic carbocycles. The molecule has 0 amide bonds. The van der Waals surface area contributed by atoms with Crippen LogP contribution in [0.3, 0.4) is 0 Å². The van der Waals surface area contributed by atoms with E-state index >= 15 is 0 Å². The van der Waals surface area contributed by atoms with Gasteiger partial charge in [0, 0.05) is 17.5 Å². The van der Waals surface area contributed by atoms with Gasteiger partial charge < -0.3 is 19.6 Å². The predicted octanol–water partition coefficient (Wildman–Crippen LogP) is 5.40. The number of hydrogen-bond donors (Lipinski definition) is 2. The van der Waals surface area contributed by atoms with Gasteiger partial charge in [-0.05, 0) is 52.9 Å². The zero-order valence-electron chi connectivity index (χ0n) is 17.3. The standard InChI is InChI=1S/C27H25NO3/c29-17-22-15-24-21(16-27(22)31-18-19-5-2-1-3-6-19)11-13-28-25(24)10-9-20-7-4-8-26-23(20)12-14-30-26/h1-10,12,14-16,25,28-29H,11,13,17-18H2/b10-9+. The molecule has 3 aromatic carbocycles. The lowest BCUT2D eigenvalue weighted by Gasteiger charge is -2.26. The van der Waals surface area contributed by atoms with Crippen LogP contribution in [0, 0.1) is 0 Å². The Hall–Kier alpha value is -3.34. The number of aliphatic hydroxyl groups is 1. The Morgan fingerprint density at radius 3 is 2.84 bits per heavy atom. The lowest BCUT2D eigenvalue weighted by molar-refractivity contribution is 0.258. The molecule has 4 heteroatoms. The fourth-order valence-electron chi connectivity index (χ4n) is 4.19. The van der Waals surface area contributed by atoms with E-state index in [4.69, 9.17) is 9.15 Å². The fraction of sp³-hybridized carbons (Fsp3) is 0.185. The maximum absolute atomic E-state index is 9.98. The molecule has 2 N–H and O–H groups in total. The molecule has 2 heterocycles. The molecule has 1 aliphatic heterocycles. The Bertz CT molecular complexity index is 1210. The van der Waals surface area contributed by atoms with E-state index in [-0.39, 0.29) is 12.6 Å². The molecule has 0 saturated heterocycles. The minimum atomic E-state index is -0.0534. The van der Waals surface area contributed by atoms with Crippen LogP contribution in [0.2, 0.25) is 0 Å². The first-order valence-corrected chi connectivity index (χ1v) is 10.6. The van der Waals surface area contributed by atoms with Crippen LogP contribution in [0.1, 0.15) is 33.9 Å². The second kappa shape index (κ2) is 8.80. The summed E-state index contributed by atoms with van der Waals surface area (Å²) in [5.74, 6) is 0.762. The van der Waals surface area contributed by atoms with Crippen LogP contribution in [0.15, 0.2) is 83.5 Å². The van der Waals surface area contributed by atoms with Gasteiger partial charge in [0.25, 0.3) is 0 Å². The van der Waals surface area contributed by atoms with E-state index in [1.165, 1.54) is 11.1 Å². The van der Waals surface area contributed by atoms with Gasteiger partial charge in [-0.25, -0.2) is 0 Å². The third-order valence-electron chi connectivity index (χ3n) is 5.82. The van der Waals surface area contributed by atoms with Gasteiger partial charge in [0.05, 0.1) is 18.9 Å². The lowest BCUT2D eigenvalue weighted by atomic mass is 9.91. The maximum atomic E-state index is 9.98. The second-order valence-corrected chi connectivity index (χ2v) is 7.81. The second-order valence-electron chi connectivity index (χ2n) is 7.81. The number of hydrogen-bond acceptors (Lipinski definition) is 4. The van der Waals surface area contributed by atoms with E-state index in [1.807, 2.05) is 48.5 Å². The Balaban J connectivity index is 1.41. The molecule has 0 fully saturated rings. The maximum Gasteiger partial charge on any atom is 0.134 e. The summed E-state index contributed by atoms with van der Waals surface area (Å²) in [7, 11) is 0. The molecule has 0 saturated carbocycles. The van der Waals surface area contributed by atoms with Crippen LogP contribution in [0.4, 0.5) is 0 Å². The summed E-state index contributed by atoms with van der Waals surface area (Å²) < 4.78 is 11.6. The fourth-order valence-corrected chi connectivity index (χ4v) is 4.19. The minimum absolute atomic E-state index is 0.0534. The molecular formula is C27H25NO3. The quantitative estimate of drug-likeness (QED) is 0.446. The highest BCUT2D eigenvalue weighted by Gasteiger charge is 2.20. The van der Waals surface area contributed by atoms with Crippen LogP contribution >= 0.6 is 0 Å². The molecule has 156 valence electrons. The molecule has 31 heavy (non-hydrogen) atoms. The van der Waals surface area contributed by atoms with Gasteiger partial charge in [-0.3, -0.25) is 0 Å². The summed E-state index contributed by atoms with van der Waals surface area (Å²) in [5.41, 5.74) is 6.40. The average molecular weight is 412 g/mol. The van der Waals surface area contributed by atoms with Crippen molar-refractivity contribution in [3.8, 4) is 5.75 Å². The van der Waals surface area contributed by atoms with E-state index in [2.05, 4.69) is 35.7 Å². The van der Waals surface area contributed by atoms with Crippen molar-refractivity contribution >= 4 is 17.0 Å². The van der Waals surface area contributed by atoms with Crippen molar-refractivity contribution in [2.75, 3.05) is 6.54 Å². The Labute approximate surface area is 181 Å². The molecule has 4 nitrogen and oxygen atoms in total. The van der Waals surface area contributed by atoms with Crippen LogP contribution in [-0.4, -0.2) is 11.7 Å². The van der Waals surface area contributed by atoms with E-state index in [1.54, 1.807) is 6.26 Å². The summed E-state index contributed by atoms with van der Waals surface area (Å²) >= 11 is 0. The van der Waals surface area contributed by atoms with E-state index in [0.29, 0.717) is 6.61 Å². The number of aliphatic hydroxyl groups excluding tert-OH is 1. The van der Waals surface area contributed by atoms with Crippen LogP contribution < -0.4 is 10.1 Å². The smallest absolute Gasteiger partial charge is 0.134 e. The summed E-state index contributed by atoms with van der Waals surface area (Å²) in [4.78, 5) is 0. The Morgan fingerprint density at radius 2 is 1.97 bits per heavy atom. The SMILES string of the molecule is OCc1cc2c(cc1OCc1ccccc1)CCNC2/C=C/c1cccc2occc12. The minimum Gasteiger partial charge on any atom is -0.489 e. The molecule has 4 aromatic rings. The van der Waals surface area contributed by atoms with Crippen molar-refractivity contribution in [3.05, 3.63) is 107 Å². The predicted molar refractivity (Wildman–Crippen MR) is 123 cm³/mol. The van der Waals surface area contributed by atoms with Crippen molar-refractivity contribution in [1.29, 1.82) is 0 Å². The topological polar surface area (TPSA) is 54.6 Å². The Kier molecular flexibility index (Phi) is 5.57. The van der Waals surface area contributed by atoms with Gasteiger partial charge in [-0.15, -0.1) is 0 Å². The molecule has 1 atom stereocenters. The summed E-state index contributed by atoms with van der Waals surface area (Å²) in [6.07, 6.45) is 6.99. The first-order chi connectivity index (χ1) is 15.3. The highest BCUT2D eigenvalue weighted by molar-refractivity contribution is 5.87. The highest BCUT2D eigenvalue weighted by Crippen LogP contribution is 2.32. The normalized spacial score (nSPS) is 16.0. The average Bonchev–Trinajstić information content (AvgIpc) is 3.31. The van der Waals surface area contributed by atoms with Gasteiger partial charge in [0.2, 0.25) is 0 Å². The van der Waals surface area contributed by atoms with Crippen molar-refractivity contribution in [3.63, 3.8) is 0 Å². The van der Waals surface area contributed by atoms with E-state index in [0.717, 1.165) is 46.4 Å². The number of fused-ring (bicyclic) bond motifs is 2. The van der Waals surface area contributed by atoms with Gasteiger partial charge in [-0.2, -0.15) is 0 Å². The third kappa shape index (κ3) is 4.13. The number of benzene rings is 3. The molecule has 1 aliphatic rings.